The Bertz CT molecular complexity index is 575. The van der Waals surface area contributed by atoms with Crippen LogP contribution in [0.1, 0.15) is 29.3 Å². The first kappa shape index (κ1) is 14.6. The average Bonchev–Trinajstić information content (AvgIpc) is 2.93. The van der Waals surface area contributed by atoms with E-state index in [1.807, 2.05) is 0 Å². The second kappa shape index (κ2) is 5.66. The van der Waals surface area contributed by atoms with Crippen LogP contribution in [-0.4, -0.2) is 26.5 Å². The monoisotopic (exact) mass is 289 g/mol. The third kappa shape index (κ3) is 3.38. The van der Waals surface area contributed by atoms with Gasteiger partial charge in [0.05, 0.1) is 6.20 Å². The van der Waals surface area contributed by atoms with Gasteiger partial charge in [0, 0.05) is 18.4 Å². The summed E-state index contributed by atoms with van der Waals surface area (Å²) >= 11 is 0. The molecule has 0 saturated heterocycles. The number of alkyl halides is 3. The van der Waals surface area contributed by atoms with Crippen LogP contribution in [0.25, 0.3) is 0 Å². The highest BCUT2D eigenvalue weighted by Gasteiger charge is 2.36. The molecular formula is C12H14F3N3O2. The highest BCUT2D eigenvalue weighted by atomic mass is 19.4. The van der Waals surface area contributed by atoms with E-state index >= 15 is 0 Å². The van der Waals surface area contributed by atoms with Crippen molar-refractivity contribution < 1.29 is 22.7 Å². The average molecular weight is 289 g/mol. The van der Waals surface area contributed by atoms with Gasteiger partial charge in [-0.15, -0.1) is 0 Å². The Morgan fingerprint density at radius 2 is 2.15 bits per heavy atom. The molecule has 0 fully saturated rings. The molecule has 0 radical (unpaired) electrons. The van der Waals surface area contributed by atoms with E-state index in [-0.39, 0.29) is 31.6 Å². The Hall–Kier alpha value is -1.83. The van der Waals surface area contributed by atoms with Crippen molar-refractivity contribution in [2.45, 2.75) is 32.5 Å². The predicted octanol–water partition coefficient (Wildman–Crippen LogP) is 2.17. The summed E-state index contributed by atoms with van der Waals surface area (Å²) in [5.74, 6) is 0.885. The lowest BCUT2D eigenvalue weighted by Crippen LogP contribution is -2.10. The molecule has 0 amide bonds. The van der Waals surface area contributed by atoms with Crippen molar-refractivity contribution in [3.63, 3.8) is 0 Å². The summed E-state index contributed by atoms with van der Waals surface area (Å²) in [7, 11) is 0. The van der Waals surface area contributed by atoms with Crippen molar-refractivity contribution in [1.29, 1.82) is 0 Å². The number of nitrogens with zero attached hydrogens (tertiary/aromatic N) is 3. The summed E-state index contributed by atoms with van der Waals surface area (Å²) in [6, 6.07) is 0. The van der Waals surface area contributed by atoms with Crippen molar-refractivity contribution in [3.05, 3.63) is 35.3 Å². The predicted molar refractivity (Wildman–Crippen MR) is 63.0 cm³/mol. The molecule has 0 atom stereocenters. The fraction of sp³-hybridized carbons (Fsp3) is 0.500. The number of hydrogen-bond acceptors (Lipinski definition) is 4. The third-order valence-electron chi connectivity index (χ3n) is 2.68. The number of rotatable bonds is 5. The molecule has 0 aliphatic carbocycles. The minimum absolute atomic E-state index is 0.0377. The van der Waals surface area contributed by atoms with E-state index < -0.39 is 11.9 Å². The first-order valence-corrected chi connectivity index (χ1v) is 6.06. The zero-order valence-electron chi connectivity index (χ0n) is 10.8. The van der Waals surface area contributed by atoms with Gasteiger partial charge in [-0.3, -0.25) is 4.68 Å². The van der Waals surface area contributed by atoms with Gasteiger partial charge < -0.3 is 9.52 Å². The normalized spacial score (nSPS) is 12.1. The van der Waals surface area contributed by atoms with Gasteiger partial charge in [0.25, 0.3) is 0 Å². The van der Waals surface area contributed by atoms with E-state index in [1.165, 1.54) is 12.4 Å². The van der Waals surface area contributed by atoms with E-state index in [0.29, 0.717) is 11.7 Å². The zero-order chi connectivity index (χ0) is 14.8. The van der Waals surface area contributed by atoms with E-state index in [0.717, 1.165) is 4.68 Å². The third-order valence-corrected chi connectivity index (χ3v) is 2.68. The van der Waals surface area contributed by atoms with Crippen molar-refractivity contribution >= 4 is 0 Å². The molecule has 110 valence electrons. The van der Waals surface area contributed by atoms with Crippen LogP contribution < -0.4 is 0 Å². The second-order valence-electron chi connectivity index (χ2n) is 4.39. The summed E-state index contributed by atoms with van der Waals surface area (Å²) in [4.78, 5) is 3.93. The Labute approximate surface area is 113 Å². The number of halogens is 3. The standard InChI is InChI=1S/C12H14F3N3O2/c1-8-5-16-10(20-8)7-18-6-9(3-2-4-19)11(17-18)12(13,14)15/h5-6,19H,2-4,7H2,1H3. The molecule has 0 unspecified atom stereocenters. The maximum absolute atomic E-state index is 12.9. The number of oxazole rings is 1. The number of aliphatic hydroxyl groups excluding tert-OH is 1. The van der Waals surface area contributed by atoms with Crippen molar-refractivity contribution in [3.8, 4) is 0 Å². The lowest BCUT2D eigenvalue weighted by molar-refractivity contribution is -0.142. The molecule has 2 heterocycles. The maximum Gasteiger partial charge on any atom is 0.435 e. The van der Waals surface area contributed by atoms with Gasteiger partial charge in [0.1, 0.15) is 12.3 Å². The summed E-state index contributed by atoms with van der Waals surface area (Å²) in [5, 5.41) is 12.3. The van der Waals surface area contributed by atoms with Crippen LogP contribution in [0.15, 0.2) is 16.8 Å². The van der Waals surface area contributed by atoms with Gasteiger partial charge in [-0.1, -0.05) is 0 Å². The van der Waals surface area contributed by atoms with Gasteiger partial charge in [-0.2, -0.15) is 18.3 Å². The molecule has 0 spiro atoms. The summed E-state index contributed by atoms with van der Waals surface area (Å²) < 4.78 is 44.9. The molecule has 2 aromatic heterocycles. The first-order valence-electron chi connectivity index (χ1n) is 6.06. The lowest BCUT2D eigenvalue weighted by Gasteiger charge is -2.04. The molecular weight excluding hydrogens is 275 g/mol. The van der Waals surface area contributed by atoms with E-state index in [9.17, 15) is 13.2 Å². The molecule has 0 saturated carbocycles. The van der Waals surface area contributed by atoms with E-state index in [4.69, 9.17) is 9.52 Å². The summed E-state index contributed by atoms with van der Waals surface area (Å²) in [5.41, 5.74) is -0.857. The topological polar surface area (TPSA) is 64.1 Å². The highest BCUT2D eigenvalue weighted by molar-refractivity contribution is 5.20. The molecule has 2 aromatic rings. The van der Waals surface area contributed by atoms with Crippen LogP contribution in [0.3, 0.4) is 0 Å². The Morgan fingerprint density at radius 3 is 2.70 bits per heavy atom. The zero-order valence-corrected chi connectivity index (χ0v) is 10.8. The highest BCUT2D eigenvalue weighted by Crippen LogP contribution is 2.31. The molecule has 1 N–H and O–H groups in total. The minimum atomic E-state index is -4.51. The van der Waals surface area contributed by atoms with Gasteiger partial charge >= 0.3 is 6.18 Å². The number of hydrogen-bond donors (Lipinski definition) is 1. The molecule has 2 rings (SSSR count). The summed E-state index contributed by atoms with van der Waals surface area (Å²) in [6.07, 6.45) is -1.32. The molecule has 20 heavy (non-hydrogen) atoms. The van der Waals surface area contributed by atoms with Crippen LogP contribution in [0.2, 0.25) is 0 Å². The van der Waals surface area contributed by atoms with Gasteiger partial charge in [0.15, 0.2) is 5.69 Å². The Balaban J connectivity index is 2.23. The molecule has 0 aromatic carbocycles. The molecule has 8 heteroatoms. The van der Waals surface area contributed by atoms with E-state index in [1.54, 1.807) is 6.92 Å². The van der Waals surface area contributed by atoms with Crippen LogP contribution in [0.5, 0.6) is 0 Å². The van der Waals surface area contributed by atoms with Gasteiger partial charge in [-0.05, 0) is 19.8 Å². The largest absolute Gasteiger partial charge is 0.444 e. The smallest absolute Gasteiger partial charge is 0.435 e. The fourth-order valence-electron chi connectivity index (χ4n) is 1.85. The molecule has 5 nitrogen and oxygen atoms in total. The van der Waals surface area contributed by atoms with Crippen LogP contribution in [0, 0.1) is 6.92 Å². The van der Waals surface area contributed by atoms with Gasteiger partial charge in [-0.25, -0.2) is 4.98 Å². The molecule has 0 aliphatic rings. The number of aromatic nitrogens is 3. The SMILES string of the molecule is Cc1cnc(Cn2cc(CCCO)c(C(F)(F)F)n2)o1. The number of aliphatic hydroxyl groups is 1. The van der Waals surface area contributed by atoms with Crippen molar-refractivity contribution in [2.24, 2.45) is 0 Å². The van der Waals surface area contributed by atoms with Crippen molar-refractivity contribution in [1.82, 2.24) is 14.8 Å². The van der Waals surface area contributed by atoms with Crippen molar-refractivity contribution in [2.75, 3.05) is 6.61 Å². The lowest BCUT2D eigenvalue weighted by atomic mass is 10.1. The number of aryl methyl sites for hydroxylation is 2. The summed E-state index contributed by atoms with van der Waals surface area (Å²) in [6.45, 7) is 1.57. The Morgan fingerprint density at radius 1 is 1.40 bits per heavy atom. The second-order valence-corrected chi connectivity index (χ2v) is 4.39. The van der Waals surface area contributed by atoms with Crippen LogP contribution in [-0.2, 0) is 19.1 Å². The minimum Gasteiger partial charge on any atom is -0.444 e. The maximum atomic E-state index is 12.9. The first-order chi connectivity index (χ1) is 9.40. The van der Waals surface area contributed by atoms with E-state index in [2.05, 4.69) is 10.1 Å². The molecule has 0 aliphatic heterocycles. The van der Waals surface area contributed by atoms with Crippen LogP contribution >= 0.6 is 0 Å². The fourth-order valence-corrected chi connectivity index (χ4v) is 1.85. The van der Waals surface area contributed by atoms with Crippen LogP contribution in [0.4, 0.5) is 13.2 Å². The molecule has 0 bridgehead atoms. The van der Waals surface area contributed by atoms with Gasteiger partial charge in [0.2, 0.25) is 5.89 Å². The quantitative estimate of drug-likeness (QED) is 0.916. The Kier molecular flexibility index (Phi) is 4.12.